The molecule has 0 saturated heterocycles. The Labute approximate surface area is 145 Å². The SMILES string of the molecule is CSCCCCNc1cccc(CN(C)C(=O)OC(C)(C)C)c1. The molecule has 0 saturated carbocycles. The fourth-order valence-corrected chi connectivity index (χ4v) is 2.55. The number of carbonyl (C=O) groups excluding carboxylic acids is 1. The summed E-state index contributed by atoms with van der Waals surface area (Å²) in [5, 5.41) is 3.44. The Morgan fingerprint density at radius 1 is 1.30 bits per heavy atom. The molecular formula is C18H30N2O2S. The normalized spacial score (nSPS) is 11.2. The van der Waals surface area contributed by atoms with Crippen LogP contribution in [0, 0.1) is 0 Å². The third-order valence-electron chi connectivity index (χ3n) is 3.16. The Hall–Kier alpha value is -1.36. The van der Waals surface area contributed by atoms with Crippen LogP contribution in [0.4, 0.5) is 10.5 Å². The molecule has 0 heterocycles. The molecule has 5 heteroatoms. The summed E-state index contributed by atoms with van der Waals surface area (Å²) in [5.74, 6) is 1.21. The van der Waals surface area contributed by atoms with E-state index in [1.54, 1.807) is 11.9 Å². The molecule has 0 spiro atoms. The van der Waals surface area contributed by atoms with Crippen LogP contribution in [0.25, 0.3) is 0 Å². The molecule has 1 amide bonds. The van der Waals surface area contributed by atoms with Crippen LogP contribution in [0.2, 0.25) is 0 Å². The number of thioether (sulfide) groups is 1. The van der Waals surface area contributed by atoms with Gasteiger partial charge in [0.05, 0.1) is 0 Å². The largest absolute Gasteiger partial charge is 0.444 e. The van der Waals surface area contributed by atoms with Gasteiger partial charge in [0, 0.05) is 25.8 Å². The number of nitrogens with one attached hydrogen (secondary N) is 1. The van der Waals surface area contributed by atoms with Crippen molar-refractivity contribution in [3.63, 3.8) is 0 Å². The molecule has 23 heavy (non-hydrogen) atoms. The first-order valence-corrected chi connectivity index (χ1v) is 9.47. The van der Waals surface area contributed by atoms with Crippen molar-refractivity contribution < 1.29 is 9.53 Å². The average molecular weight is 339 g/mol. The summed E-state index contributed by atoms with van der Waals surface area (Å²) in [7, 11) is 1.76. The zero-order valence-electron chi connectivity index (χ0n) is 15.0. The maximum absolute atomic E-state index is 12.0. The minimum atomic E-state index is -0.467. The van der Waals surface area contributed by atoms with Gasteiger partial charge in [-0.3, -0.25) is 0 Å². The van der Waals surface area contributed by atoms with E-state index in [9.17, 15) is 4.79 Å². The lowest BCUT2D eigenvalue weighted by Crippen LogP contribution is -2.33. The summed E-state index contributed by atoms with van der Waals surface area (Å²) in [6, 6.07) is 8.20. The van der Waals surface area contributed by atoms with Crippen molar-refractivity contribution in [1.82, 2.24) is 4.90 Å². The second kappa shape index (κ2) is 9.71. The van der Waals surface area contributed by atoms with E-state index in [4.69, 9.17) is 4.74 Å². The first-order valence-electron chi connectivity index (χ1n) is 8.07. The smallest absolute Gasteiger partial charge is 0.410 e. The van der Waals surface area contributed by atoms with E-state index >= 15 is 0 Å². The van der Waals surface area contributed by atoms with Gasteiger partial charge in [-0.15, -0.1) is 0 Å². The van der Waals surface area contributed by atoms with Crippen molar-refractivity contribution in [2.45, 2.75) is 45.8 Å². The number of unbranched alkanes of at least 4 members (excludes halogenated alkanes) is 1. The number of hydrogen-bond donors (Lipinski definition) is 1. The van der Waals surface area contributed by atoms with Crippen LogP contribution in [-0.4, -0.2) is 42.2 Å². The van der Waals surface area contributed by atoms with Crippen LogP contribution in [0.15, 0.2) is 24.3 Å². The zero-order valence-corrected chi connectivity index (χ0v) is 15.8. The van der Waals surface area contributed by atoms with E-state index in [1.807, 2.05) is 44.7 Å². The molecule has 4 nitrogen and oxygen atoms in total. The highest BCUT2D eigenvalue weighted by molar-refractivity contribution is 7.98. The van der Waals surface area contributed by atoms with E-state index < -0.39 is 5.60 Å². The molecule has 130 valence electrons. The van der Waals surface area contributed by atoms with Crippen molar-refractivity contribution in [2.75, 3.05) is 30.9 Å². The molecule has 0 radical (unpaired) electrons. The lowest BCUT2D eigenvalue weighted by atomic mass is 10.2. The monoisotopic (exact) mass is 338 g/mol. The number of rotatable bonds is 8. The number of carbonyl (C=O) groups is 1. The number of benzene rings is 1. The third-order valence-corrected chi connectivity index (χ3v) is 3.85. The molecule has 0 fully saturated rings. The van der Waals surface area contributed by atoms with Crippen molar-refractivity contribution in [2.24, 2.45) is 0 Å². The Bertz CT molecular complexity index is 486. The highest BCUT2D eigenvalue weighted by Gasteiger charge is 2.19. The van der Waals surface area contributed by atoms with Gasteiger partial charge in [0.2, 0.25) is 0 Å². The Kier molecular flexibility index (Phi) is 8.31. The maximum Gasteiger partial charge on any atom is 0.410 e. The number of hydrogen-bond acceptors (Lipinski definition) is 4. The fraction of sp³-hybridized carbons (Fsp3) is 0.611. The van der Waals surface area contributed by atoms with Crippen molar-refractivity contribution >= 4 is 23.5 Å². The van der Waals surface area contributed by atoms with Gasteiger partial charge in [-0.1, -0.05) is 12.1 Å². The van der Waals surface area contributed by atoms with E-state index in [0.29, 0.717) is 6.54 Å². The summed E-state index contributed by atoms with van der Waals surface area (Å²) >= 11 is 1.89. The van der Waals surface area contributed by atoms with Crippen molar-refractivity contribution in [1.29, 1.82) is 0 Å². The summed E-state index contributed by atoms with van der Waals surface area (Å²) < 4.78 is 5.37. The number of amides is 1. The van der Waals surface area contributed by atoms with E-state index in [2.05, 4.69) is 23.7 Å². The Balaban J connectivity index is 2.48. The Morgan fingerprint density at radius 3 is 2.70 bits per heavy atom. The third kappa shape index (κ3) is 8.74. The first kappa shape index (κ1) is 19.7. The van der Waals surface area contributed by atoms with E-state index in [0.717, 1.165) is 17.8 Å². The van der Waals surface area contributed by atoms with Gasteiger partial charge in [0.1, 0.15) is 5.60 Å². The second-order valence-electron chi connectivity index (χ2n) is 6.66. The summed E-state index contributed by atoms with van der Waals surface area (Å²) in [6.07, 6.45) is 4.24. The van der Waals surface area contributed by atoms with Crippen molar-refractivity contribution in [3.8, 4) is 0 Å². The van der Waals surface area contributed by atoms with Gasteiger partial charge in [-0.25, -0.2) is 4.79 Å². The topological polar surface area (TPSA) is 41.6 Å². The van der Waals surface area contributed by atoms with Gasteiger partial charge in [0.25, 0.3) is 0 Å². The summed E-state index contributed by atoms with van der Waals surface area (Å²) in [6.45, 7) is 7.14. The van der Waals surface area contributed by atoms with Gasteiger partial charge in [-0.2, -0.15) is 11.8 Å². The second-order valence-corrected chi connectivity index (χ2v) is 7.65. The van der Waals surface area contributed by atoms with Crippen LogP contribution >= 0.6 is 11.8 Å². The quantitative estimate of drug-likeness (QED) is 0.703. The number of anilines is 1. The van der Waals surface area contributed by atoms with Crippen LogP contribution in [0.5, 0.6) is 0 Å². The molecule has 0 aromatic heterocycles. The van der Waals surface area contributed by atoms with Crippen LogP contribution in [-0.2, 0) is 11.3 Å². The highest BCUT2D eigenvalue weighted by Crippen LogP contribution is 2.15. The molecule has 1 rings (SSSR count). The minimum Gasteiger partial charge on any atom is -0.444 e. The maximum atomic E-state index is 12.0. The van der Waals surface area contributed by atoms with Crippen LogP contribution in [0.3, 0.4) is 0 Å². The molecule has 0 bridgehead atoms. The molecule has 1 aromatic carbocycles. The van der Waals surface area contributed by atoms with Gasteiger partial charge in [-0.05, 0) is 63.3 Å². The standard InChI is InChI=1S/C18H30N2O2S/c1-18(2,3)22-17(21)20(4)14-15-9-8-10-16(13-15)19-11-6-7-12-23-5/h8-10,13,19H,6-7,11-12,14H2,1-5H3. The predicted molar refractivity (Wildman–Crippen MR) is 100 cm³/mol. The molecule has 0 atom stereocenters. The summed E-state index contributed by atoms with van der Waals surface area (Å²) in [5.41, 5.74) is 1.72. The zero-order chi connectivity index (χ0) is 17.3. The lowest BCUT2D eigenvalue weighted by Gasteiger charge is -2.24. The molecule has 0 aliphatic carbocycles. The molecule has 0 aliphatic heterocycles. The molecule has 1 N–H and O–H groups in total. The van der Waals surface area contributed by atoms with Gasteiger partial charge >= 0.3 is 6.09 Å². The average Bonchev–Trinajstić information content (AvgIpc) is 2.45. The van der Waals surface area contributed by atoms with E-state index in [1.165, 1.54) is 18.6 Å². The van der Waals surface area contributed by atoms with E-state index in [-0.39, 0.29) is 6.09 Å². The predicted octanol–water partition coefficient (Wildman–Crippen LogP) is 4.61. The summed E-state index contributed by atoms with van der Waals surface area (Å²) in [4.78, 5) is 13.6. The first-order chi connectivity index (χ1) is 10.8. The molecular weight excluding hydrogens is 308 g/mol. The van der Waals surface area contributed by atoms with Gasteiger partial charge in [0.15, 0.2) is 0 Å². The molecule has 0 unspecified atom stereocenters. The number of nitrogens with zero attached hydrogens (tertiary/aromatic N) is 1. The number of ether oxygens (including phenoxy) is 1. The Morgan fingerprint density at radius 2 is 2.04 bits per heavy atom. The molecule has 0 aliphatic rings. The van der Waals surface area contributed by atoms with Gasteiger partial charge < -0.3 is 15.0 Å². The van der Waals surface area contributed by atoms with Crippen LogP contribution in [0.1, 0.15) is 39.2 Å². The highest BCUT2D eigenvalue weighted by atomic mass is 32.2. The fourth-order valence-electron chi connectivity index (χ4n) is 2.06. The van der Waals surface area contributed by atoms with Crippen LogP contribution < -0.4 is 5.32 Å². The van der Waals surface area contributed by atoms with Crippen molar-refractivity contribution in [3.05, 3.63) is 29.8 Å². The molecule has 1 aromatic rings. The lowest BCUT2D eigenvalue weighted by molar-refractivity contribution is 0.0285. The minimum absolute atomic E-state index is 0.298.